The summed E-state index contributed by atoms with van der Waals surface area (Å²) in [5, 5.41) is 13.2. The van der Waals surface area contributed by atoms with Crippen molar-refractivity contribution in [3.8, 4) is 0 Å². The minimum atomic E-state index is -0.638. The Morgan fingerprint density at radius 1 is 1.35 bits per heavy atom. The van der Waals surface area contributed by atoms with Crippen LogP contribution in [0.25, 0.3) is 0 Å². The van der Waals surface area contributed by atoms with E-state index >= 15 is 0 Å². The molecule has 0 bridgehead atoms. The molecular formula is C11H8ClN5O3. The van der Waals surface area contributed by atoms with Crippen molar-refractivity contribution in [3.05, 3.63) is 51.4 Å². The summed E-state index contributed by atoms with van der Waals surface area (Å²) in [6.45, 7) is 0. The molecule has 1 amide bonds. The molecule has 0 saturated heterocycles. The number of carbonyl (C=O) groups excluding carboxylic acids is 1. The van der Waals surface area contributed by atoms with E-state index in [4.69, 9.17) is 17.3 Å². The molecule has 0 fully saturated rings. The molecule has 0 aliphatic rings. The summed E-state index contributed by atoms with van der Waals surface area (Å²) in [6.07, 6.45) is 2.44. The molecule has 0 spiro atoms. The Balaban J connectivity index is 2.21. The lowest BCUT2D eigenvalue weighted by atomic mass is 10.2. The van der Waals surface area contributed by atoms with Gasteiger partial charge in [-0.3, -0.25) is 14.9 Å². The van der Waals surface area contributed by atoms with Crippen LogP contribution < -0.4 is 11.1 Å². The van der Waals surface area contributed by atoms with Gasteiger partial charge in [0.15, 0.2) is 0 Å². The first-order chi connectivity index (χ1) is 9.47. The third kappa shape index (κ3) is 2.98. The van der Waals surface area contributed by atoms with Gasteiger partial charge in [-0.25, -0.2) is 9.97 Å². The Hall–Kier alpha value is -2.74. The fourth-order valence-corrected chi connectivity index (χ4v) is 1.57. The van der Waals surface area contributed by atoms with Gasteiger partial charge < -0.3 is 11.1 Å². The number of anilines is 2. The van der Waals surface area contributed by atoms with Gasteiger partial charge in [0.1, 0.15) is 16.5 Å². The van der Waals surface area contributed by atoms with Crippen LogP contribution in [-0.4, -0.2) is 20.8 Å². The van der Waals surface area contributed by atoms with Crippen molar-refractivity contribution >= 4 is 34.7 Å². The fraction of sp³-hybridized carbons (Fsp3) is 0. The molecule has 20 heavy (non-hydrogen) atoms. The number of nitrogens with zero attached hydrogens (tertiary/aromatic N) is 3. The molecule has 0 aliphatic carbocycles. The number of nitro groups is 1. The molecule has 0 atom stereocenters. The maximum Gasteiger partial charge on any atom is 0.289 e. The lowest BCUT2D eigenvalue weighted by molar-refractivity contribution is -0.384. The molecule has 2 rings (SSSR count). The van der Waals surface area contributed by atoms with Crippen LogP contribution in [0.5, 0.6) is 0 Å². The largest absolute Gasteiger partial charge is 0.382 e. The number of halogens is 1. The highest BCUT2D eigenvalue weighted by molar-refractivity contribution is 6.32. The lowest BCUT2D eigenvalue weighted by Gasteiger charge is -2.05. The SMILES string of the molecule is Nc1cnc(C(=O)Nc2ccc(Cl)c([N+](=O)[O-])c2)cn1. The zero-order valence-corrected chi connectivity index (χ0v) is 10.7. The number of nitrogens with two attached hydrogens (primary N) is 1. The lowest BCUT2D eigenvalue weighted by Crippen LogP contribution is -2.14. The maximum absolute atomic E-state index is 11.8. The highest BCUT2D eigenvalue weighted by Gasteiger charge is 2.15. The molecule has 0 unspecified atom stereocenters. The van der Waals surface area contributed by atoms with Crippen molar-refractivity contribution in [2.45, 2.75) is 0 Å². The monoisotopic (exact) mass is 293 g/mol. The van der Waals surface area contributed by atoms with Crippen molar-refractivity contribution in [3.63, 3.8) is 0 Å². The van der Waals surface area contributed by atoms with Crippen LogP contribution in [0.2, 0.25) is 5.02 Å². The molecule has 0 radical (unpaired) electrons. The molecule has 1 aromatic carbocycles. The molecule has 3 N–H and O–H groups in total. The smallest absolute Gasteiger partial charge is 0.289 e. The van der Waals surface area contributed by atoms with E-state index in [9.17, 15) is 14.9 Å². The van der Waals surface area contributed by atoms with Gasteiger partial charge in [-0.2, -0.15) is 0 Å². The number of carbonyl (C=O) groups is 1. The first-order valence-electron chi connectivity index (χ1n) is 5.30. The van der Waals surface area contributed by atoms with Gasteiger partial charge in [0.05, 0.1) is 17.3 Å². The average Bonchev–Trinajstić information content (AvgIpc) is 2.41. The topological polar surface area (TPSA) is 124 Å². The van der Waals surface area contributed by atoms with Crippen LogP contribution in [0.1, 0.15) is 10.5 Å². The number of aromatic nitrogens is 2. The van der Waals surface area contributed by atoms with E-state index in [-0.39, 0.29) is 27.9 Å². The fourth-order valence-electron chi connectivity index (χ4n) is 1.38. The number of nitrogens with one attached hydrogen (secondary N) is 1. The molecule has 2 aromatic rings. The Morgan fingerprint density at radius 2 is 2.10 bits per heavy atom. The zero-order valence-electron chi connectivity index (χ0n) is 9.91. The van der Waals surface area contributed by atoms with E-state index in [1.807, 2.05) is 0 Å². The third-order valence-corrected chi connectivity index (χ3v) is 2.62. The molecule has 0 saturated carbocycles. The second kappa shape index (κ2) is 5.49. The summed E-state index contributed by atoms with van der Waals surface area (Å²) in [5.41, 5.74) is 5.32. The number of nitrogen functional groups attached to an aromatic ring is 1. The number of benzene rings is 1. The maximum atomic E-state index is 11.8. The quantitative estimate of drug-likeness (QED) is 0.657. The number of hydrogen-bond donors (Lipinski definition) is 2. The second-order valence-electron chi connectivity index (χ2n) is 3.70. The summed E-state index contributed by atoms with van der Waals surface area (Å²) in [6, 6.07) is 3.92. The number of amides is 1. The Kier molecular flexibility index (Phi) is 3.76. The molecule has 9 heteroatoms. The standard InChI is InChI=1S/C11H8ClN5O3/c12-7-2-1-6(3-9(7)17(19)20)16-11(18)8-4-15-10(13)5-14-8/h1-5H,(H2,13,15)(H,16,18). The third-order valence-electron chi connectivity index (χ3n) is 2.31. The molecule has 102 valence electrons. The summed E-state index contributed by atoms with van der Waals surface area (Å²) in [5.74, 6) is -0.377. The molecule has 1 heterocycles. The number of nitro benzene ring substituents is 1. The summed E-state index contributed by atoms with van der Waals surface area (Å²) >= 11 is 5.67. The number of rotatable bonds is 3. The van der Waals surface area contributed by atoms with Crippen LogP contribution in [0.3, 0.4) is 0 Å². The molecule has 8 nitrogen and oxygen atoms in total. The van der Waals surface area contributed by atoms with E-state index in [2.05, 4.69) is 15.3 Å². The highest BCUT2D eigenvalue weighted by atomic mass is 35.5. The average molecular weight is 294 g/mol. The van der Waals surface area contributed by atoms with E-state index in [1.165, 1.54) is 24.5 Å². The Labute approximate surface area is 117 Å². The van der Waals surface area contributed by atoms with E-state index in [0.717, 1.165) is 6.07 Å². The van der Waals surface area contributed by atoms with Gasteiger partial charge in [0, 0.05) is 11.8 Å². The van der Waals surface area contributed by atoms with Crippen molar-refractivity contribution in [2.75, 3.05) is 11.1 Å². The van der Waals surface area contributed by atoms with Crippen molar-refractivity contribution in [1.29, 1.82) is 0 Å². The minimum absolute atomic E-state index is 0.0136. The van der Waals surface area contributed by atoms with Gasteiger partial charge >= 0.3 is 0 Å². The zero-order chi connectivity index (χ0) is 14.7. The highest BCUT2D eigenvalue weighted by Crippen LogP contribution is 2.27. The van der Waals surface area contributed by atoms with Crippen molar-refractivity contribution in [2.24, 2.45) is 0 Å². The predicted molar refractivity (Wildman–Crippen MR) is 72.5 cm³/mol. The molecule has 0 aliphatic heterocycles. The predicted octanol–water partition coefficient (Wildman–Crippen LogP) is 1.87. The summed E-state index contributed by atoms with van der Waals surface area (Å²) < 4.78 is 0. The second-order valence-corrected chi connectivity index (χ2v) is 4.11. The van der Waals surface area contributed by atoms with Crippen molar-refractivity contribution in [1.82, 2.24) is 9.97 Å². The summed E-state index contributed by atoms with van der Waals surface area (Å²) in [7, 11) is 0. The van der Waals surface area contributed by atoms with Crippen LogP contribution in [0.15, 0.2) is 30.6 Å². The molecular weight excluding hydrogens is 286 g/mol. The van der Waals surface area contributed by atoms with Crippen molar-refractivity contribution < 1.29 is 9.72 Å². The van der Waals surface area contributed by atoms with Crippen LogP contribution in [-0.2, 0) is 0 Å². The van der Waals surface area contributed by atoms with E-state index in [0.29, 0.717) is 0 Å². The van der Waals surface area contributed by atoms with Gasteiger partial charge in [-0.15, -0.1) is 0 Å². The van der Waals surface area contributed by atoms with Crippen LogP contribution in [0, 0.1) is 10.1 Å². The van der Waals surface area contributed by atoms with Crippen LogP contribution >= 0.6 is 11.6 Å². The van der Waals surface area contributed by atoms with E-state index < -0.39 is 10.8 Å². The van der Waals surface area contributed by atoms with E-state index in [1.54, 1.807) is 0 Å². The Bertz CT molecular complexity index is 674. The summed E-state index contributed by atoms with van der Waals surface area (Å²) in [4.78, 5) is 29.5. The normalized spacial score (nSPS) is 10.1. The van der Waals surface area contributed by atoms with Crippen LogP contribution in [0.4, 0.5) is 17.2 Å². The first-order valence-corrected chi connectivity index (χ1v) is 5.68. The number of hydrogen-bond acceptors (Lipinski definition) is 6. The van der Waals surface area contributed by atoms with Gasteiger partial charge in [-0.05, 0) is 12.1 Å². The van der Waals surface area contributed by atoms with Gasteiger partial charge in [0.2, 0.25) is 0 Å². The van der Waals surface area contributed by atoms with Gasteiger partial charge in [-0.1, -0.05) is 11.6 Å². The first kappa shape index (κ1) is 13.7. The Morgan fingerprint density at radius 3 is 2.70 bits per heavy atom. The van der Waals surface area contributed by atoms with Gasteiger partial charge in [0.25, 0.3) is 11.6 Å². The molecule has 1 aromatic heterocycles. The minimum Gasteiger partial charge on any atom is -0.382 e.